The third kappa shape index (κ3) is 3.00. The molecule has 0 aliphatic rings. The molecule has 2 aromatic rings. The van der Waals surface area contributed by atoms with Crippen molar-refractivity contribution in [1.82, 2.24) is 9.97 Å². The second-order valence-corrected chi connectivity index (χ2v) is 4.54. The number of primary amides is 1. The van der Waals surface area contributed by atoms with Gasteiger partial charge in [-0.05, 0) is 12.1 Å². The number of nitrogen functional groups attached to an aromatic ring is 2. The Morgan fingerprint density at radius 1 is 1.18 bits per heavy atom. The van der Waals surface area contributed by atoms with E-state index in [2.05, 4.69) is 9.97 Å². The highest BCUT2D eigenvalue weighted by atomic mass is 16.5. The van der Waals surface area contributed by atoms with E-state index in [-0.39, 0.29) is 11.8 Å². The van der Waals surface area contributed by atoms with Crippen LogP contribution in [0.3, 0.4) is 0 Å². The summed E-state index contributed by atoms with van der Waals surface area (Å²) in [5.74, 6) is 0.729. The number of nitrogens with zero attached hydrogens (tertiary/aromatic N) is 2. The molecular weight excluding hydrogens is 286 g/mol. The zero-order valence-electron chi connectivity index (χ0n) is 12.3. The molecule has 2 rings (SSSR count). The van der Waals surface area contributed by atoms with Crippen molar-refractivity contribution in [3.63, 3.8) is 0 Å². The summed E-state index contributed by atoms with van der Waals surface area (Å²) >= 11 is 0. The van der Waals surface area contributed by atoms with E-state index in [4.69, 9.17) is 26.7 Å². The number of carbonyl (C=O) groups is 1. The lowest BCUT2D eigenvalue weighted by atomic mass is 10.0. The van der Waals surface area contributed by atoms with Crippen LogP contribution in [0, 0.1) is 0 Å². The van der Waals surface area contributed by atoms with E-state index in [0.717, 1.165) is 0 Å². The fourth-order valence-electron chi connectivity index (χ4n) is 2.06. The summed E-state index contributed by atoms with van der Waals surface area (Å²) in [6.07, 6.45) is 1.90. The second-order valence-electron chi connectivity index (χ2n) is 4.54. The van der Waals surface area contributed by atoms with Crippen LogP contribution in [0.4, 0.5) is 11.8 Å². The van der Waals surface area contributed by atoms with Gasteiger partial charge in [-0.1, -0.05) is 0 Å². The first-order chi connectivity index (χ1) is 10.5. The van der Waals surface area contributed by atoms with Crippen molar-refractivity contribution >= 4 is 17.7 Å². The quantitative estimate of drug-likeness (QED) is 0.723. The number of hydrogen-bond donors (Lipinski definition) is 3. The molecule has 1 heterocycles. The third-order valence-corrected chi connectivity index (χ3v) is 3.18. The molecule has 8 heteroatoms. The Kier molecular flexibility index (Phi) is 4.31. The first kappa shape index (κ1) is 15.4. The molecule has 0 saturated heterocycles. The van der Waals surface area contributed by atoms with Gasteiger partial charge in [0.25, 0.3) is 0 Å². The monoisotopic (exact) mass is 303 g/mol. The molecule has 22 heavy (non-hydrogen) atoms. The minimum Gasteiger partial charge on any atom is -0.496 e. The van der Waals surface area contributed by atoms with Crippen LogP contribution in [0.25, 0.3) is 0 Å². The number of carbonyl (C=O) groups excluding carboxylic acids is 1. The van der Waals surface area contributed by atoms with Crippen LogP contribution in [0.1, 0.15) is 21.5 Å². The molecule has 0 saturated carbocycles. The smallest absolute Gasteiger partial charge is 0.248 e. The predicted octanol–water partition coefficient (Wildman–Crippen LogP) is 0.348. The van der Waals surface area contributed by atoms with E-state index in [1.54, 1.807) is 18.3 Å². The average Bonchev–Trinajstić information content (AvgIpc) is 2.49. The Morgan fingerprint density at radius 3 is 2.23 bits per heavy atom. The summed E-state index contributed by atoms with van der Waals surface area (Å²) in [5.41, 5.74) is 18.3. The van der Waals surface area contributed by atoms with Crippen molar-refractivity contribution in [2.45, 2.75) is 6.42 Å². The molecule has 0 radical (unpaired) electrons. The van der Waals surface area contributed by atoms with Crippen molar-refractivity contribution in [3.8, 4) is 11.5 Å². The molecule has 0 aliphatic carbocycles. The van der Waals surface area contributed by atoms with Crippen molar-refractivity contribution < 1.29 is 14.3 Å². The highest BCUT2D eigenvalue weighted by molar-refractivity contribution is 5.94. The maximum absolute atomic E-state index is 11.4. The average molecular weight is 303 g/mol. The normalized spacial score (nSPS) is 10.3. The van der Waals surface area contributed by atoms with E-state index in [0.29, 0.717) is 34.6 Å². The maximum Gasteiger partial charge on any atom is 0.248 e. The van der Waals surface area contributed by atoms with Crippen LogP contribution in [0.15, 0.2) is 18.3 Å². The van der Waals surface area contributed by atoms with Gasteiger partial charge in [-0.3, -0.25) is 4.79 Å². The number of ether oxygens (including phenoxy) is 2. The lowest BCUT2D eigenvalue weighted by Crippen LogP contribution is -2.12. The summed E-state index contributed by atoms with van der Waals surface area (Å²) in [6.45, 7) is 0. The van der Waals surface area contributed by atoms with Gasteiger partial charge in [-0.25, -0.2) is 4.98 Å². The lowest BCUT2D eigenvalue weighted by molar-refractivity contribution is 0.0999. The highest BCUT2D eigenvalue weighted by Gasteiger charge is 2.17. The van der Waals surface area contributed by atoms with Gasteiger partial charge < -0.3 is 26.7 Å². The molecule has 0 unspecified atom stereocenters. The van der Waals surface area contributed by atoms with Crippen molar-refractivity contribution in [1.29, 1.82) is 0 Å². The molecule has 6 N–H and O–H groups in total. The third-order valence-electron chi connectivity index (χ3n) is 3.18. The highest BCUT2D eigenvalue weighted by Crippen LogP contribution is 2.33. The standard InChI is InChI=1S/C14H17N5O3/c1-21-10-4-7(13(16)20)5-11(22-2)9(10)3-8-6-18-14(17)19-12(8)15/h4-6H,3H2,1-2H3,(H2,16,20)(H4,15,17,18,19). The lowest BCUT2D eigenvalue weighted by Gasteiger charge is -2.15. The van der Waals surface area contributed by atoms with Gasteiger partial charge in [0, 0.05) is 29.3 Å². The van der Waals surface area contributed by atoms with Crippen LogP contribution < -0.4 is 26.7 Å². The van der Waals surface area contributed by atoms with Crippen LogP contribution in [0.2, 0.25) is 0 Å². The van der Waals surface area contributed by atoms with Gasteiger partial charge in [0.2, 0.25) is 11.9 Å². The molecule has 0 spiro atoms. The molecule has 0 fully saturated rings. The summed E-state index contributed by atoms with van der Waals surface area (Å²) < 4.78 is 10.6. The molecule has 0 bridgehead atoms. The molecule has 1 aromatic carbocycles. The zero-order valence-corrected chi connectivity index (χ0v) is 12.3. The van der Waals surface area contributed by atoms with Crippen molar-refractivity contribution in [2.75, 3.05) is 25.7 Å². The summed E-state index contributed by atoms with van der Waals surface area (Å²) in [7, 11) is 2.98. The maximum atomic E-state index is 11.4. The number of benzene rings is 1. The van der Waals surface area contributed by atoms with Crippen LogP contribution in [0.5, 0.6) is 11.5 Å². The molecule has 0 aliphatic heterocycles. The van der Waals surface area contributed by atoms with E-state index in [1.807, 2.05) is 0 Å². The number of nitrogens with two attached hydrogens (primary N) is 3. The number of aromatic nitrogens is 2. The van der Waals surface area contributed by atoms with Gasteiger partial charge >= 0.3 is 0 Å². The Hall–Kier alpha value is -3.03. The fraction of sp³-hybridized carbons (Fsp3) is 0.214. The molecule has 8 nitrogen and oxygen atoms in total. The minimum absolute atomic E-state index is 0.101. The first-order valence-electron chi connectivity index (χ1n) is 6.37. The topological polar surface area (TPSA) is 139 Å². The van der Waals surface area contributed by atoms with Gasteiger partial charge in [-0.15, -0.1) is 0 Å². The van der Waals surface area contributed by atoms with Crippen molar-refractivity contribution in [3.05, 3.63) is 35.0 Å². The van der Waals surface area contributed by atoms with E-state index >= 15 is 0 Å². The predicted molar refractivity (Wildman–Crippen MR) is 81.7 cm³/mol. The SMILES string of the molecule is COc1cc(C(N)=O)cc(OC)c1Cc1cnc(N)nc1N. The number of amides is 1. The number of methoxy groups -OCH3 is 2. The Balaban J connectivity index is 2.51. The van der Waals surface area contributed by atoms with Crippen LogP contribution >= 0.6 is 0 Å². The zero-order chi connectivity index (χ0) is 16.3. The molecule has 1 amide bonds. The van der Waals surface area contributed by atoms with E-state index < -0.39 is 5.91 Å². The molecule has 116 valence electrons. The Bertz CT molecular complexity index is 693. The molecular formula is C14H17N5O3. The minimum atomic E-state index is -0.571. The van der Waals surface area contributed by atoms with E-state index in [9.17, 15) is 4.79 Å². The largest absolute Gasteiger partial charge is 0.496 e. The fourth-order valence-corrected chi connectivity index (χ4v) is 2.06. The Labute approximate surface area is 127 Å². The van der Waals surface area contributed by atoms with E-state index in [1.165, 1.54) is 14.2 Å². The summed E-state index contributed by atoms with van der Waals surface area (Å²) in [5, 5.41) is 0. The molecule has 0 atom stereocenters. The Morgan fingerprint density at radius 2 is 1.77 bits per heavy atom. The number of rotatable bonds is 5. The van der Waals surface area contributed by atoms with Crippen LogP contribution in [-0.4, -0.2) is 30.1 Å². The van der Waals surface area contributed by atoms with Gasteiger partial charge in [-0.2, -0.15) is 4.98 Å². The van der Waals surface area contributed by atoms with Gasteiger partial charge in [0.15, 0.2) is 0 Å². The number of hydrogen-bond acceptors (Lipinski definition) is 7. The first-order valence-corrected chi connectivity index (χ1v) is 6.37. The van der Waals surface area contributed by atoms with Gasteiger partial charge in [0.05, 0.1) is 14.2 Å². The summed E-state index contributed by atoms with van der Waals surface area (Å²) in [6, 6.07) is 3.10. The van der Waals surface area contributed by atoms with Crippen LogP contribution in [-0.2, 0) is 6.42 Å². The van der Waals surface area contributed by atoms with Crippen molar-refractivity contribution in [2.24, 2.45) is 5.73 Å². The molecule has 1 aromatic heterocycles. The summed E-state index contributed by atoms with van der Waals surface area (Å²) in [4.78, 5) is 19.2. The second kappa shape index (κ2) is 6.17. The number of anilines is 2. The van der Waals surface area contributed by atoms with Gasteiger partial charge in [0.1, 0.15) is 17.3 Å².